The van der Waals surface area contributed by atoms with Gasteiger partial charge in [-0.3, -0.25) is 5.10 Å². The van der Waals surface area contributed by atoms with E-state index >= 15 is 0 Å². The summed E-state index contributed by atoms with van der Waals surface area (Å²) < 4.78 is 0.590. The number of nitrogens with zero attached hydrogens (tertiary/aromatic N) is 2. The third kappa shape index (κ3) is 0.919. The maximum atomic E-state index is 9.68. The zero-order chi connectivity index (χ0) is 5.98. The fourth-order valence-electron chi connectivity index (χ4n) is 0.335. The van der Waals surface area contributed by atoms with Gasteiger partial charge in [0.15, 0.2) is 5.82 Å². The molecule has 0 bridgehead atoms. The van der Waals surface area contributed by atoms with E-state index in [-0.39, 0.29) is 5.82 Å². The molecule has 1 N–H and O–H groups in total. The highest BCUT2D eigenvalue weighted by molar-refractivity contribution is 9.10. The van der Waals surface area contributed by atoms with Crippen LogP contribution < -0.4 is 0 Å². The molecule has 0 aliphatic rings. The van der Waals surface area contributed by atoms with Gasteiger partial charge in [0, 0.05) is 6.07 Å². The number of halogens is 1. The average molecular weight is 176 g/mol. The maximum Gasteiger partial charge on any atom is 0.193 e. The van der Waals surface area contributed by atoms with E-state index < -0.39 is 0 Å². The molecule has 5 heteroatoms. The Morgan fingerprint density at radius 3 is 2.88 bits per heavy atom. The molecule has 1 aromatic rings. The molecule has 42 valence electrons. The molecular formula is C3H2BrN3O. The standard InChI is InChI=1S/C3H2BrN3O/c4-2-1-3(7-8)6-5-2/h1H,(H,5,6). The molecular weight excluding hydrogens is 174 g/mol. The minimum absolute atomic E-state index is 0.233. The highest BCUT2D eigenvalue weighted by atomic mass is 79.9. The molecule has 1 heterocycles. The van der Waals surface area contributed by atoms with Gasteiger partial charge in [-0.15, -0.1) is 4.91 Å². The second-order valence-corrected chi connectivity index (χ2v) is 1.98. The summed E-state index contributed by atoms with van der Waals surface area (Å²) in [6.45, 7) is 0. The van der Waals surface area contributed by atoms with Gasteiger partial charge in [0.2, 0.25) is 0 Å². The van der Waals surface area contributed by atoms with E-state index in [2.05, 4.69) is 31.3 Å². The Hall–Kier alpha value is -0.710. The summed E-state index contributed by atoms with van der Waals surface area (Å²) in [7, 11) is 0. The topological polar surface area (TPSA) is 58.1 Å². The summed E-state index contributed by atoms with van der Waals surface area (Å²) >= 11 is 3.03. The van der Waals surface area contributed by atoms with Crippen LogP contribution >= 0.6 is 15.9 Å². The predicted molar refractivity (Wildman–Crippen MR) is 31.7 cm³/mol. The van der Waals surface area contributed by atoms with Crippen molar-refractivity contribution in [1.82, 2.24) is 10.2 Å². The highest BCUT2D eigenvalue weighted by Crippen LogP contribution is 2.12. The molecule has 0 spiro atoms. The van der Waals surface area contributed by atoms with Crippen molar-refractivity contribution in [1.29, 1.82) is 0 Å². The Bertz CT molecular complexity index is 196. The zero-order valence-corrected chi connectivity index (χ0v) is 5.34. The van der Waals surface area contributed by atoms with E-state index in [4.69, 9.17) is 0 Å². The summed E-state index contributed by atoms with van der Waals surface area (Å²) in [6.07, 6.45) is 0. The minimum Gasteiger partial charge on any atom is -0.257 e. The number of aromatic amines is 1. The van der Waals surface area contributed by atoms with E-state index in [0.717, 1.165) is 0 Å². The third-order valence-electron chi connectivity index (χ3n) is 0.631. The molecule has 0 fully saturated rings. The number of hydrogen-bond acceptors (Lipinski definition) is 3. The number of hydrogen-bond donors (Lipinski definition) is 1. The van der Waals surface area contributed by atoms with Gasteiger partial charge in [-0.2, -0.15) is 5.10 Å². The SMILES string of the molecule is O=Nc1cc(Br)n[nH]1. The van der Waals surface area contributed by atoms with Crippen LogP contribution in [0.3, 0.4) is 0 Å². The lowest BCUT2D eigenvalue weighted by Crippen LogP contribution is -1.61. The summed E-state index contributed by atoms with van der Waals surface area (Å²) in [5.74, 6) is 0.233. The van der Waals surface area contributed by atoms with Gasteiger partial charge in [-0.05, 0) is 21.1 Å². The van der Waals surface area contributed by atoms with Crippen molar-refractivity contribution >= 4 is 21.7 Å². The lowest BCUT2D eigenvalue weighted by atomic mass is 10.7. The molecule has 0 aromatic carbocycles. The van der Waals surface area contributed by atoms with Crippen molar-refractivity contribution in [2.24, 2.45) is 5.18 Å². The van der Waals surface area contributed by atoms with E-state index in [1.54, 1.807) is 0 Å². The van der Waals surface area contributed by atoms with Gasteiger partial charge in [0.1, 0.15) is 4.60 Å². The van der Waals surface area contributed by atoms with Crippen LogP contribution in [0.1, 0.15) is 0 Å². The van der Waals surface area contributed by atoms with E-state index in [9.17, 15) is 4.91 Å². The first kappa shape index (κ1) is 5.43. The van der Waals surface area contributed by atoms with Gasteiger partial charge in [0.25, 0.3) is 0 Å². The van der Waals surface area contributed by atoms with Crippen LogP contribution in [0.2, 0.25) is 0 Å². The van der Waals surface area contributed by atoms with Crippen LogP contribution in [-0.4, -0.2) is 10.2 Å². The largest absolute Gasteiger partial charge is 0.257 e. The highest BCUT2D eigenvalue weighted by Gasteiger charge is 1.93. The summed E-state index contributed by atoms with van der Waals surface area (Å²) in [5.41, 5.74) is 0. The van der Waals surface area contributed by atoms with Crippen LogP contribution in [0.15, 0.2) is 15.8 Å². The Morgan fingerprint density at radius 1 is 1.88 bits per heavy atom. The quantitative estimate of drug-likeness (QED) is 0.660. The number of H-pyrrole nitrogens is 1. The lowest BCUT2D eigenvalue weighted by molar-refractivity contribution is 1.06. The fourth-order valence-corrected chi connectivity index (χ4v) is 0.640. The van der Waals surface area contributed by atoms with Gasteiger partial charge in [-0.25, -0.2) is 0 Å². The smallest absolute Gasteiger partial charge is 0.193 e. The van der Waals surface area contributed by atoms with E-state index in [1.807, 2.05) is 0 Å². The Labute approximate surface area is 53.4 Å². The zero-order valence-electron chi connectivity index (χ0n) is 3.76. The number of nitrogens with one attached hydrogen (secondary N) is 1. The van der Waals surface area contributed by atoms with Gasteiger partial charge in [-0.1, -0.05) is 0 Å². The first-order chi connectivity index (χ1) is 3.83. The monoisotopic (exact) mass is 175 g/mol. The molecule has 0 amide bonds. The van der Waals surface area contributed by atoms with Crippen molar-refractivity contribution in [3.8, 4) is 0 Å². The second-order valence-electron chi connectivity index (χ2n) is 1.17. The molecule has 0 radical (unpaired) electrons. The first-order valence-corrected chi connectivity index (χ1v) is 2.66. The number of aromatic nitrogens is 2. The van der Waals surface area contributed by atoms with Crippen LogP contribution in [0.25, 0.3) is 0 Å². The van der Waals surface area contributed by atoms with Crippen LogP contribution in [0, 0.1) is 4.91 Å². The molecule has 1 rings (SSSR count). The first-order valence-electron chi connectivity index (χ1n) is 1.87. The lowest BCUT2D eigenvalue weighted by Gasteiger charge is -1.66. The van der Waals surface area contributed by atoms with Crippen molar-refractivity contribution in [2.45, 2.75) is 0 Å². The molecule has 0 saturated carbocycles. The van der Waals surface area contributed by atoms with Gasteiger partial charge in [0.05, 0.1) is 0 Å². The molecule has 4 nitrogen and oxygen atoms in total. The van der Waals surface area contributed by atoms with Crippen LogP contribution in [0.4, 0.5) is 5.82 Å². The molecule has 0 unspecified atom stereocenters. The summed E-state index contributed by atoms with van der Waals surface area (Å²) in [4.78, 5) is 9.68. The molecule has 0 atom stereocenters. The molecule has 0 aliphatic heterocycles. The van der Waals surface area contributed by atoms with E-state index in [0.29, 0.717) is 4.60 Å². The number of rotatable bonds is 1. The third-order valence-corrected chi connectivity index (χ3v) is 1.04. The van der Waals surface area contributed by atoms with Crippen molar-refractivity contribution < 1.29 is 0 Å². The average Bonchev–Trinajstić information content (AvgIpc) is 2.14. The van der Waals surface area contributed by atoms with E-state index in [1.165, 1.54) is 6.07 Å². The summed E-state index contributed by atoms with van der Waals surface area (Å²) in [6, 6.07) is 1.49. The van der Waals surface area contributed by atoms with Gasteiger partial charge >= 0.3 is 0 Å². The normalized spacial score (nSPS) is 9.12. The molecule has 0 aliphatic carbocycles. The van der Waals surface area contributed by atoms with Crippen molar-refractivity contribution in [3.05, 3.63) is 15.6 Å². The van der Waals surface area contributed by atoms with Crippen LogP contribution in [-0.2, 0) is 0 Å². The van der Waals surface area contributed by atoms with Crippen molar-refractivity contribution in [3.63, 3.8) is 0 Å². The maximum absolute atomic E-state index is 9.68. The Balaban J connectivity index is 3.00. The van der Waals surface area contributed by atoms with Gasteiger partial charge < -0.3 is 0 Å². The minimum atomic E-state index is 0.233. The fraction of sp³-hybridized carbons (Fsp3) is 0. The van der Waals surface area contributed by atoms with Crippen LogP contribution in [0.5, 0.6) is 0 Å². The second kappa shape index (κ2) is 2.04. The predicted octanol–water partition coefficient (Wildman–Crippen LogP) is 1.57. The Kier molecular flexibility index (Phi) is 1.38. The summed E-state index contributed by atoms with van der Waals surface area (Å²) in [5, 5.41) is 8.56. The van der Waals surface area contributed by atoms with Crippen molar-refractivity contribution in [2.75, 3.05) is 0 Å². The number of nitroso groups, excluding NO2 is 1. The molecule has 8 heavy (non-hydrogen) atoms. The molecule has 0 saturated heterocycles. The Morgan fingerprint density at radius 2 is 2.62 bits per heavy atom. The molecule has 1 aromatic heterocycles.